The number of hydrogen-bond acceptors (Lipinski definition) is 0. The third kappa shape index (κ3) is 3.45. The number of halogens is 1. The minimum Gasteiger partial charge on any atom is -0.206 e. The van der Waals surface area contributed by atoms with Crippen LogP contribution in [0, 0.1) is 0 Å². The normalized spacial score (nSPS) is 6.50. The second kappa shape index (κ2) is 2.67. The first kappa shape index (κ1) is 5.45. The van der Waals surface area contributed by atoms with E-state index in [1.54, 1.807) is 13.8 Å². The van der Waals surface area contributed by atoms with Crippen molar-refractivity contribution in [1.82, 2.24) is 0 Å². The van der Waals surface area contributed by atoms with E-state index >= 15 is 0 Å². The van der Waals surface area contributed by atoms with E-state index in [4.69, 9.17) is 0 Å². The molecule has 34 valence electrons. The van der Waals surface area contributed by atoms with Gasteiger partial charge in [-0.05, 0) is 19.4 Å². The van der Waals surface area contributed by atoms with E-state index < -0.39 is 0 Å². The Labute approximate surface area is 37.0 Å². The maximum Gasteiger partial charge on any atom is 0.129 e. The molecule has 0 rings (SSSR count). The van der Waals surface area contributed by atoms with Crippen LogP contribution < -0.4 is 0 Å². The van der Waals surface area contributed by atoms with Crippen LogP contribution in [0.2, 0.25) is 0 Å². The van der Waals surface area contributed by atoms with Crippen molar-refractivity contribution in [1.29, 1.82) is 0 Å². The standard InChI is InChI=1S/C5H7F/c1-5(2)3-4-6/h4H,1-2H3. The van der Waals surface area contributed by atoms with E-state index in [-0.39, 0.29) is 0 Å². The molecule has 0 N–H and O–H groups in total. The van der Waals surface area contributed by atoms with Gasteiger partial charge in [0.15, 0.2) is 0 Å². The van der Waals surface area contributed by atoms with Gasteiger partial charge < -0.3 is 0 Å². The average Bonchev–Trinajstić information content (AvgIpc) is 1.35. The quantitative estimate of drug-likeness (QED) is 0.396. The van der Waals surface area contributed by atoms with Crippen LogP contribution in [0.4, 0.5) is 4.39 Å². The van der Waals surface area contributed by atoms with E-state index in [1.807, 2.05) is 0 Å². The molecular weight excluding hydrogens is 79.1 g/mol. The lowest BCUT2D eigenvalue weighted by Gasteiger charge is -1.68. The minimum atomic E-state index is 0.412. The molecule has 0 aromatic heterocycles. The van der Waals surface area contributed by atoms with Gasteiger partial charge >= 0.3 is 0 Å². The van der Waals surface area contributed by atoms with Gasteiger partial charge in [-0.3, -0.25) is 0 Å². The molecule has 0 aromatic carbocycles. The summed E-state index contributed by atoms with van der Waals surface area (Å²) < 4.78 is 11.0. The van der Waals surface area contributed by atoms with Gasteiger partial charge in [-0.25, -0.2) is 4.39 Å². The third-order valence-electron chi connectivity index (χ3n) is 0.343. The molecule has 0 spiro atoms. The minimum absolute atomic E-state index is 0.412. The van der Waals surface area contributed by atoms with Gasteiger partial charge in [0.1, 0.15) is 6.33 Å². The second-order valence-corrected chi connectivity index (χ2v) is 1.25. The summed E-state index contributed by atoms with van der Waals surface area (Å²) in [4.78, 5) is 0. The van der Waals surface area contributed by atoms with E-state index in [0.717, 1.165) is 5.57 Å². The van der Waals surface area contributed by atoms with Gasteiger partial charge in [0.2, 0.25) is 0 Å². The molecule has 6 heavy (non-hydrogen) atoms. The fourth-order valence-electron chi connectivity index (χ4n) is 0.109. The molecule has 0 aliphatic carbocycles. The Bertz CT molecular complexity index is 82.1. The fraction of sp³-hybridized carbons (Fsp3) is 0.400. The Morgan fingerprint density at radius 3 is 2.17 bits per heavy atom. The zero-order valence-corrected chi connectivity index (χ0v) is 3.96. The predicted octanol–water partition coefficient (Wildman–Crippen LogP) is 2.03. The van der Waals surface area contributed by atoms with Crippen LogP contribution in [0.1, 0.15) is 13.8 Å². The zero-order valence-electron chi connectivity index (χ0n) is 3.96. The van der Waals surface area contributed by atoms with Gasteiger partial charge in [0.05, 0.1) is 0 Å². The lowest BCUT2D eigenvalue weighted by Crippen LogP contribution is -1.49. The topological polar surface area (TPSA) is 0 Å². The summed E-state index contributed by atoms with van der Waals surface area (Å²) in [5, 5.41) is 0. The Kier molecular flexibility index (Phi) is 2.43. The van der Waals surface area contributed by atoms with Crippen molar-refractivity contribution in [2.75, 3.05) is 0 Å². The molecule has 0 atom stereocenters. The number of allylic oxidation sites excluding steroid dienone is 1. The highest BCUT2D eigenvalue weighted by molar-refractivity contribution is 4.89. The molecule has 0 saturated heterocycles. The molecule has 0 amide bonds. The molecule has 0 nitrogen and oxygen atoms in total. The van der Waals surface area contributed by atoms with Crippen LogP contribution in [0.5, 0.6) is 0 Å². The highest BCUT2D eigenvalue weighted by Gasteiger charge is 1.61. The molecule has 0 aromatic rings. The van der Waals surface area contributed by atoms with E-state index in [0.29, 0.717) is 6.33 Å². The van der Waals surface area contributed by atoms with Crippen LogP contribution >= 0.6 is 0 Å². The molecule has 0 radical (unpaired) electrons. The summed E-state index contributed by atoms with van der Waals surface area (Å²) in [7, 11) is 0. The summed E-state index contributed by atoms with van der Waals surface area (Å²) >= 11 is 0. The van der Waals surface area contributed by atoms with Crippen LogP contribution in [-0.2, 0) is 0 Å². The van der Waals surface area contributed by atoms with Gasteiger partial charge in [-0.15, -0.1) is 0 Å². The Hall–Kier alpha value is -0.550. The maximum absolute atomic E-state index is 11.0. The van der Waals surface area contributed by atoms with Crippen molar-refractivity contribution in [3.8, 4) is 0 Å². The summed E-state index contributed by atoms with van der Waals surface area (Å²) in [5.41, 5.74) is 3.19. The maximum atomic E-state index is 11.0. The van der Waals surface area contributed by atoms with Gasteiger partial charge in [-0.2, -0.15) is 0 Å². The van der Waals surface area contributed by atoms with Gasteiger partial charge in [-0.1, -0.05) is 5.73 Å². The molecule has 0 heterocycles. The van der Waals surface area contributed by atoms with Crippen LogP contribution in [0.25, 0.3) is 0 Å². The Morgan fingerprint density at radius 1 is 1.67 bits per heavy atom. The molecule has 0 aliphatic rings. The van der Waals surface area contributed by atoms with Crippen molar-refractivity contribution in [3.63, 3.8) is 0 Å². The summed E-state index contributed by atoms with van der Waals surface area (Å²) in [6.45, 7) is 3.58. The van der Waals surface area contributed by atoms with Crippen molar-refractivity contribution < 1.29 is 4.39 Å². The number of rotatable bonds is 0. The predicted molar refractivity (Wildman–Crippen MR) is 24.1 cm³/mol. The molecule has 0 unspecified atom stereocenters. The largest absolute Gasteiger partial charge is 0.206 e. The monoisotopic (exact) mass is 86.1 g/mol. The first-order valence-corrected chi connectivity index (χ1v) is 1.76. The van der Waals surface area contributed by atoms with Crippen LogP contribution in [0.3, 0.4) is 0 Å². The Morgan fingerprint density at radius 2 is 2.17 bits per heavy atom. The summed E-state index contributed by atoms with van der Waals surface area (Å²) in [6, 6.07) is 0. The molecular formula is C5H7F. The molecule has 0 saturated carbocycles. The third-order valence-corrected chi connectivity index (χ3v) is 0.343. The van der Waals surface area contributed by atoms with E-state index in [1.165, 1.54) is 0 Å². The van der Waals surface area contributed by atoms with Gasteiger partial charge in [0.25, 0.3) is 0 Å². The molecule has 0 bridgehead atoms. The van der Waals surface area contributed by atoms with E-state index in [9.17, 15) is 4.39 Å². The first-order chi connectivity index (χ1) is 2.77. The fourth-order valence-corrected chi connectivity index (χ4v) is 0.109. The Balaban J connectivity index is 3.73. The lowest BCUT2D eigenvalue weighted by atomic mass is 10.4. The van der Waals surface area contributed by atoms with Crippen molar-refractivity contribution in [2.45, 2.75) is 13.8 Å². The highest BCUT2D eigenvalue weighted by Crippen LogP contribution is 1.81. The van der Waals surface area contributed by atoms with Crippen molar-refractivity contribution in [3.05, 3.63) is 17.6 Å². The molecule has 0 fully saturated rings. The second-order valence-electron chi connectivity index (χ2n) is 1.25. The lowest BCUT2D eigenvalue weighted by molar-refractivity contribution is 0.722. The SMILES string of the molecule is CC(C)=C=CF. The summed E-state index contributed by atoms with van der Waals surface area (Å²) in [6.07, 6.45) is 0.412. The first-order valence-electron chi connectivity index (χ1n) is 1.76. The number of hydrogen-bond donors (Lipinski definition) is 0. The van der Waals surface area contributed by atoms with Gasteiger partial charge in [0, 0.05) is 0 Å². The van der Waals surface area contributed by atoms with Crippen molar-refractivity contribution >= 4 is 0 Å². The van der Waals surface area contributed by atoms with E-state index in [2.05, 4.69) is 5.73 Å². The summed E-state index contributed by atoms with van der Waals surface area (Å²) in [5.74, 6) is 0. The zero-order chi connectivity index (χ0) is 4.99. The van der Waals surface area contributed by atoms with Crippen LogP contribution in [-0.4, -0.2) is 0 Å². The molecule has 0 aliphatic heterocycles. The van der Waals surface area contributed by atoms with Crippen molar-refractivity contribution in [2.24, 2.45) is 0 Å². The van der Waals surface area contributed by atoms with Crippen LogP contribution in [0.15, 0.2) is 17.6 Å². The highest BCUT2D eigenvalue weighted by atomic mass is 19.1. The average molecular weight is 86.1 g/mol. The molecule has 1 heteroatoms. The smallest absolute Gasteiger partial charge is 0.129 e.